The number of non-ortho nitro benzene ring substituents is 1. The van der Waals surface area contributed by atoms with Crippen molar-refractivity contribution >= 4 is 41.3 Å². The van der Waals surface area contributed by atoms with Gasteiger partial charge in [0.05, 0.1) is 11.5 Å². The highest BCUT2D eigenvalue weighted by Gasteiger charge is 2.05. The van der Waals surface area contributed by atoms with E-state index in [9.17, 15) is 10.1 Å². The van der Waals surface area contributed by atoms with Crippen LogP contribution in [0.1, 0.15) is 5.56 Å². The molecule has 0 saturated carbocycles. The molecule has 0 amide bonds. The summed E-state index contributed by atoms with van der Waals surface area (Å²) >= 11 is 0. The zero-order valence-corrected chi connectivity index (χ0v) is 13.4. The van der Waals surface area contributed by atoms with Gasteiger partial charge >= 0.3 is 0 Å². The summed E-state index contributed by atoms with van der Waals surface area (Å²) in [5.74, 6) is 0.266. The lowest BCUT2D eigenvalue weighted by molar-refractivity contribution is -0.384. The monoisotopic (exact) mass is 398 g/mol. The largest absolute Gasteiger partial charge is 0.370 e. The number of nitrogens with zero attached hydrogens (tertiary/aromatic N) is 2. The number of anilines is 1. The molecule has 0 bridgehead atoms. The first-order chi connectivity index (χ1) is 9.65. The molecular formula is C14H15IN4O2. The van der Waals surface area contributed by atoms with E-state index >= 15 is 0 Å². The van der Waals surface area contributed by atoms with Crippen LogP contribution in [0, 0.1) is 10.1 Å². The van der Waals surface area contributed by atoms with Crippen LogP contribution in [0.2, 0.25) is 0 Å². The summed E-state index contributed by atoms with van der Waals surface area (Å²) in [5.41, 5.74) is 7.38. The molecule has 0 aliphatic heterocycles. The molecule has 0 aliphatic rings. The number of hydrogen-bond acceptors (Lipinski definition) is 3. The molecule has 2 aromatic rings. The van der Waals surface area contributed by atoms with Gasteiger partial charge in [-0.2, -0.15) is 0 Å². The molecule has 0 atom stereocenters. The van der Waals surface area contributed by atoms with Crippen LogP contribution >= 0.6 is 24.0 Å². The van der Waals surface area contributed by atoms with E-state index in [1.807, 2.05) is 30.3 Å². The van der Waals surface area contributed by atoms with Crippen molar-refractivity contribution in [1.82, 2.24) is 0 Å². The van der Waals surface area contributed by atoms with Crippen LogP contribution in [-0.4, -0.2) is 10.9 Å². The Hall–Kier alpha value is -2.16. The summed E-state index contributed by atoms with van der Waals surface area (Å²) in [6.45, 7) is 0.285. The van der Waals surface area contributed by atoms with Gasteiger partial charge in [0.25, 0.3) is 5.69 Å². The van der Waals surface area contributed by atoms with Gasteiger partial charge in [0, 0.05) is 17.8 Å². The van der Waals surface area contributed by atoms with E-state index < -0.39 is 4.92 Å². The van der Waals surface area contributed by atoms with Crippen molar-refractivity contribution in [2.45, 2.75) is 6.54 Å². The maximum atomic E-state index is 10.7. The Morgan fingerprint density at radius 2 is 1.90 bits per heavy atom. The predicted molar refractivity (Wildman–Crippen MR) is 93.9 cm³/mol. The summed E-state index contributed by atoms with van der Waals surface area (Å²) in [7, 11) is 0. The minimum atomic E-state index is -0.432. The lowest BCUT2D eigenvalue weighted by Gasteiger charge is -2.05. The van der Waals surface area contributed by atoms with Gasteiger partial charge in [-0.15, -0.1) is 24.0 Å². The fourth-order valence-electron chi connectivity index (χ4n) is 1.65. The van der Waals surface area contributed by atoms with Crippen LogP contribution in [-0.2, 0) is 6.54 Å². The quantitative estimate of drug-likeness (QED) is 0.272. The first-order valence-electron chi connectivity index (χ1n) is 6.00. The van der Waals surface area contributed by atoms with E-state index in [-0.39, 0.29) is 42.2 Å². The average Bonchev–Trinajstić information content (AvgIpc) is 2.46. The predicted octanol–water partition coefficient (Wildman–Crippen LogP) is 3.14. The Labute approximate surface area is 139 Å². The number of para-hydroxylation sites is 1. The molecule has 0 unspecified atom stereocenters. The summed E-state index contributed by atoms with van der Waals surface area (Å²) in [5, 5.41) is 13.6. The highest BCUT2D eigenvalue weighted by atomic mass is 127. The Bertz CT molecular complexity index is 632. The topological polar surface area (TPSA) is 93.5 Å². The van der Waals surface area contributed by atoms with Gasteiger partial charge in [0.2, 0.25) is 0 Å². The van der Waals surface area contributed by atoms with Crippen molar-refractivity contribution in [1.29, 1.82) is 0 Å². The fraction of sp³-hybridized carbons (Fsp3) is 0.0714. The van der Waals surface area contributed by atoms with Crippen LogP contribution in [0.5, 0.6) is 0 Å². The molecule has 3 N–H and O–H groups in total. The number of halogens is 1. The van der Waals surface area contributed by atoms with Crippen molar-refractivity contribution in [3.63, 3.8) is 0 Å². The summed E-state index contributed by atoms with van der Waals surface area (Å²) < 4.78 is 0. The molecular weight excluding hydrogens is 383 g/mol. The molecule has 0 aliphatic carbocycles. The molecule has 0 heterocycles. The molecule has 0 fully saturated rings. The van der Waals surface area contributed by atoms with Crippen molar-refractivity contribution < 1.29 is 4.92 Å². The van der Waals surface area contributed by atoms with Crippen LogP contribution in [0.25, 0.3) is 0 Å². The molecule has 0 saturated heterocycles. The van der Waals surface area contributed by atoms with Gasteiger partial charge in [-0.05, 0) is 17.7 Å². The number of nitro benzene ring substituents is 1. The zero-order valence-electron chi connectivity index (χ0n) is 11.1. The average molecular weight is 398 g/mol. The molecule has 7 heteroatoms. The number of nitrogens with two attached hydrogens (primary N) is 1. The lowest BCUT2D eigenvalue weighted by Crippen LogP contribution is -2.22. The Morgan fingerprint density at radius 1 is 1.19 bits per heavy atom. The van der Waals surface area contributed by atoms with Crippen molar-refractivity contribution in [2.75, 3.05) is 5.32 Å². The second-order valence-corrected chi connectivity index (χ2v) is 4.12. The number of rotatable bonds is 4. The summed E-state index contributed by atoms with van der Waals surface area (Å²) in [4.78, 5) is 14.4. The van der Waals surface area contributed by atoms with Crippen LogP contribution in [0.3, 0.4) is 0 Å². The first kappa shape index (κ1) is 16.9. The maximum Gasteiger partial charge on any atom is 0.269 e. The van der Waals surface area contributed by atoms with Gasteiger partial charge in [-0.1, -0.05) is 30.3 Å². The van der Waals surface area contributed by atoms with E-state index in [1.165, 1.54) is 12.1 Å². The first-order valence-corrected chi connectivity index (χ1v) is 6.00. The van der Waals surface area contributed by atoms with E-state index in [4.69, 9.17) is 5.73 Å². The second kappa shape index (κ2) is 8.20. The normalized spacial score (nSPS) is 10.6. The maximum absolute atomic E-state index is 10.7. The number of guanidine groups is 1. The third-order valence-corrected chi connectivity index (χ3v) is 2.60. The molecule has 6 nitrogen and oxygen atoms in total. The van der Waals surface area contributed by atoms with Gasteiger partial charge in [-0.25, -0.2) is 4.99 Å². The van der Waals surface area contributed by atoms with Gasteiger partial charge < -0.3 is 11.1 Å². The van der Waals surface area contributed by atoms with E-state index in [0.29, 0.717) is 0 Å². The molecule has 0 spiro atoms. The highest BCUT2D eigenvalue weighted by molar-refractivity contribution is 14.0. The van der Waals surface area contributed by atoms with Crippen molar-refractivity contribution in [3.8, 4) is 0 Å². The Morgan fingerprint density at radius 3 is 2.57 bits per heavy atom. The number of aliphatic imine (C=N–C) groups is 1. The standard InChI is InChI=1S/C14H14N4O2.HI/c15-14(17-12-6-2-1-3-7-12)16-10-11-5-4-8-13(9-11)18(19)20;/h1-9H,10H2,(H3,15,16,17);1H. The molecule has 0 radical (unpaired) electrons. The number of nitrogens with one attached hydrogen (secondary N) is 1. The van der Waals surface area contributed by atoms with Crippen molar-refractivity contribution in [2.24, 2.45) is 10.7 Å². The summed E-state index contributed by atoms with van der Waals surface area (Å²) in [6.07, 6.45) is 0. The molecule has 0 aromatic heterocycles. The molecule has 2 aromatic carbocycles. The molecule has 21 heavy (non-hydrogen) atoms. The van der Waals surface area contributed by atoms with Crippen molar-refractivity contribution in [3.05, 3.63) is 70.3 Å². The number of nitro groups is 1. The molecule has 2 rings (SSSR count). The Balaban J connectivity index is 0.00000220. The van der Waals surface area contributed by atoms with Crippen LogP contribution in [0.4, 0.5) is 11.4 Å². The smallest absolute Gasteiger partial charge is 0.269 e. The number of benzene rings is 2. The third kappa shape index (κ3) is 5.38. The van der Waals surface area contributed by atoms with E-state index in [2.05, 4.69) is 10.3 Å². The van der Waals surface area contributed by atoms with Gasteiger partial charge in [0.1, 0.15) is 0 Å². The zero-order chi connectivity index (χ0) is 14.4. The second-order valence-electron chi connectivity index (χ2n) is 4.12. The highest BCUT2D eigenvalue weighted by Crippen LogP contribution is 2.13. The summed E-state index contributed by atoms with van der Waals surface area (Å²) in [6, 6.07) is 15.7. The van der Waals surface area contributed by atoms with E-state index in [1.54, 1.807) is 12.1 Å². The van der Waals surface area contributed by atoms with Crippen LogP contribution in [0.15, 0.2) is 59.6 Å². The minimum absolute atomic E-state index is 0. The fourth-order valence-corrected chi connectivity index (χ4v) is 1.65. The van der Waals surface area contributed by atoms with Gasteiger partial charge in [-0.3, -0.25) is 10.1 Å². The van der Waals surface area contributed by atoms with Gasteiger partial charge in [0.15, 0.2) is 5.96 Å². The third-order valence-electron chi connectivity index (χ3n) is 2.60. The number of hydrogen-bond donors (Lipinski definition) is 2. The Kier molecular flexibility index (Phi) is 6.60. The van der Waals surface area contributed by atoms with E-state index in [0.717, 1.165) is 11.3 Å². The SMILES string of the molecule is I.NC(=NCc1cccc([N+](=O)[O-])c1)Nc1ccccc1. The lowest BCUT2D eigenvalue weighted by atomic mass is 10.2. The van der Waals surface area contributed by atoms with Crippen LogP contribution < -0.4 is 11.1 Å². The molecule has 110 valence electrons. The minimum Gasteiger partial charge on any atom is -0.370 e.